The molecule has 2 aliphatic rings. The van der Waals surface area contributed by atoms with Crippen LogP contribution in [0, 0.1) is 11.3 Å². The van der Waals surface area contributed by atoms with Crippen LogP contribution in [0.3, 0.4) is 0 Å². The Hall–Kier alpha value is -0.0400. The van der Waals surface area contributed by atoms with Gasteiger partial charge in [0.15, 0.2) is 0 Å². The molecule has 0 aliphatic heterocycles. The Labute approximate surface area is 82.1 Å². The SMILES string of the molecule is NCCC1(C2CCCCCC2)CC1. The fourth-order valence-electron chi connectivity index (χ4n) is 3.20. The third-order valence-electron chi connectivity index (χ3n) is 4.26. The van der Waals surface area contributed by atoms with E-state index in [1.807, 2.05) is 0 Å². The fraction of sp³-hybridized carbons (Fsp3) is 1.00. The van der Waals surface area contributed by atoms with Crippen molar-refractivity contribution in [3.8, 4) is 0 Å². The molecule has 1 nitrogen and oxygen atoms in total. The monoisotopic (exact) mass is 181 g/mol. The van der Waals surface area contributed by atoms with Gasteiger partial charge >= 0.3 is 0 Å². The van der Waals surface area contributed by atoms with E-state index in [0.717, 1.165) is 17.9 Å². The van der Waals surface area contributed by atoms with Crippen LogP contribution in [0.25, 0.3) is 0 Å². The molecule has 0 radical (unpaired) electrons. The third kappa shape index (κ3) is 2.07. The van der Waals surface area contributed by atoms with Gasteiger partial charge in [-0.3, -0.25) is 0 Å². The summed E-state index contributed by atoms with van der Waals surface area (Å²) >= 11 is 0. The van der Waals surface area contributed by atoms with Crippen LogP contribution in [0.1, 0.15) is 57.8 Å². The Morgan fingerprint density at radius 2 is 1.62 bits per heavy atom. The molecule has 2 N–H and O–H groups in total. The van der Waals surface area contributed by atoms with Gasteiger partial charge in [-0.1, -0.05) is 25.7 Å². The number of rotatable bonds is 3. The lowest BCUT2D eigenvalue weighted by Crippen LogP contribution is -2.19. The van der Waals surface area contributed by atoms with Gasteiger partial charge in [0.25, 0.3) is 0 Å². The lowest BCUT2D eigenvalue weighted by atomic mass is 9.81. The van der Waals surface area contributed by atoms with Gasteiger partial charge in [-0.15, -0.1) is 0 Å². The van der Waals surface area contributed by atoms with Crippen LogP contribution in [-0.4, -0.2) is 6.54 Å². The van der Waals surface area contributed by atoms with E-state index in [9.17, 15) is 0 Å². The third-order valence-corrected chi connectivity index (χ3v) is 4.26. The molecule has 0 bridgehead atoms. The van der Waals surface area contributed by atoms with Crippen LogP contribution in [-0.2, 0) is 0 Å². The first kappa shape index (κ1) is 9.51. The highest BCUT2D eigenvalue weighted by Gasteiger charge is 2.47. The smallest absolute Gasteiger partial charge is 0.00719 e. The standard InChI is InChI=1S/C12H23N/c13-10-9-12(7-8-12)11-5-3-1-2-4-6-11/h11H,1-10,13H2. The summed E-state index contributed by atoms with van der Waals surface area (Å²) < 4.78 is 0. The van der Waals surface area contributed by atoms with Crippen molar-refractivity contribution in [2.75, 3.05) is 6.54 Å². The minimum absolute atomic E-state index is 0.735. The zero-order valence-electron chi connectivity index (χ0n) is 8.73. The second-order valence-electron chi connectivity index (χ2n) is 5.09. The van der Waals surface area contributed by atoms with E-state index in [1.165, 1.54) is 57.8 Å². The minimum atomic E-state index is 0.735. The van der Waals surface area contributed by atoms with Crippen LogP contribution in [0.4, 0.5) is 0 Å². The molecule has 13 heavy (non-hydrogen) atoms. The fourth-order valence-corrected chi connectivity index (χ4v) is 3.20. The van der Waals surface area contributed by atoms with Gasteiger partial charge in [-0.05, 0) is 50.0 Å². The molecule has 0 aromatic heterocycles. The Kier molecular flexibility index (Phi) is 2.92. The van der Waals surface area contributed by atoms with Gasteiger partial charge < -0.3 is 5.73 Å². The van der Waals surface area contributed by atoms with Crippen molar-refractivity contribution in [1.82, 2.24) is 0 Å². The molecule has 0 atom stereocenters. The molecule has 2 aliphatic carbocycles. The van der Waals surface area contributed by atoms with E-state index < -0.39 is 0 Å². The molecule has 2 rings (SSSR count). The van der Waals surface area contributed by atoms with Crippen LogP contribution in [0.5, 0.6) is 0 Å². The van der Waals surface area contributed by atoms with Gasteiger partial charge in [0, 0.05) is 0 Å². The minimum Gasteiger partial charge on any atom is -0.330 e. The van der Waals surface area contributed by atoms with Crippen molar-refractivity contribution >= 4 is 0 Å². The topological polar surface area (TPSA) is 26.0 Å². The van der Waals surface area contributed by atoms with Crippen molar-refractivity contribution < 1.29 is 0 Å². The normalized spacial score (nSPS) is 28.4. The molecule has 0 saturated heterocycles. The highest BCUT2D eigenvalue weighted by molar-refractivity contribution is 4.98. The maximum Gasteiger partial charge on any atom is -0.00719 e. The maximum absolute atomic E-state index is 5.70. The zero-order valence-corrected chi connectivity index (χ0v) is 8.73. The average Bonchev–Trinajstić information content (AvgIpc) is 2.87. The van der Waals surface area contributed by atoms with Crippen LogP contribution < -0.4 is 5.73 Å². The van der Waals surface area contributed by atoms with E-state index in [1.54, 1.807) is 0 Å². The van der Waals surface area contributed by atoms with Crippen LogP contribution in [0.15, 0.2) is 0 Å². The predicted octanol–water partition coefficient (Wildman–Crippen LogP) is 3.09. The molecular formula is C12H23N. The molecule has 0 amide bonds. The van der Waals surface area contributed by atoms with Crippen molar-refractivity contribution in [2.45, 2.75) is 57.8 Å². The lowest BCUT2D eigenvalue weighted by Gasteiger charge is -2.25. The average molecular weight is 181 g/mol. The van der Waals surface area contributed by atoms with Gasteiger partial charge in [0.05, 0.1) is 0 Å². The highest BCUT2D eigenvalue weighted by atomic mass is 14.6. The first-order valence-electron chi connectivity index (χ1n) is 6.07. The van der Waals surface area contributed by atoms with Gasteiger partial charge in [0.2, 0.25) is 0 Å². The van der Waals surface area contributed by atoms with Crippen LogP contribution in [0.2, 0.25) is 0 Å². The molecule has 0 spiro atoms. The van der Waals surface area contributed by atoms with Crippen LogP contribution >= 0.6 is 0 Å². The molecular weight excluding hydrogens is 158 g/mol. The van der Waals surface area contributed by atoms with E-state index in [4.69, 9.17) is 5.73 Å². The largest absolute Gasteiger partial charge is 0.330 e. The molecule has 0 heterocycles. The molecule has 0 aromatic rings. The summed E-state index contributed by atoms with van der Waals surface area (Å²) in [4.78, 5) is 0. The summed E-state index contributed by atoms with van der Waals surface area (Å²) in [6.07, 6.45) is 13.2. The highest BCUT2D eigenvalue weighted by Crippen LogP contribution is 2.58. The summed E-state index contributed by atoms with van der Waals surface area (Å²) in [6, 6.07) is 0. The molecule has 2 fully saturated rings. The molecule has 0 aromatic carbocycles. The van der Waals surface area contributed by atoms with Gasteiger partial charge in [-0.25, -0.2) is 0 Å². The summed E-state index contributed by atoms with van der Waals surface area (Å²) in [6.45, 7) is 0.913. The molecule has 1 heteroatoms. The number of hydrogen-bond acceptors (Lipinski definition) is 1. The Balaban J connectivity index is 1.90. The summed E-state index contributed by atoms with van der Waals surface area (Å²) in [5.41, 5.74) is 6.44. The van der Waals surface area contributed by atoms with Crippen molar-refractivity contribution in [1.29, 1.82) is 0 Å². The summed E-state index contributed by atoms with van der Waals surface area (Å²) in [5.74, 6) is 1.04. The van der Waals surface area contributed by atoms with Gasteiger partial charge in [-0.2, -0.15) is 0 Å². The second-order valence-corrected chi connectivity index (χ2v) is 5.09. The molecule has 76 valence electrons. The molecule has 0 unspecified atom stereocenters. The first-order chi connectivity index (χ1) is 6.37. The summed E-state index contributed by atoms with van der Waals surface area (Å²) in [5, 5.41) is 0. The zero-order chi connectivity index (χ0) is 9.15. The number of nitrogens with two attached hydrogens (primary N) is 1. The van der Waals surface area contributed by atoms with Crippen molar-refractivity contribution in [3.63, 3.8) is 0 Å². The van der Waals surface area contributed by atoms with E-state index in [2.05, 4.69) is 0 Å². The lowest BCUT2D eigenvalue weighted by molar-refractivity contribution is 0.260. The first-order valence-corrected chi connectivity index (χ1v) is 6.07. The Morgan fingerprint density at radius 1 is 1.00 bits per heavy atom. The maximum atomic E-state index is 5.70. The predicted molar refractivity (Wildman–Crippen MR) is 56.5 cm³/mol. The Morgan fingerprint density at radius 3 is 2.08 bits per heavy atom. The van der Waals surface area contributed by atoms with E-state index in [-0.39, 0.29) is 0 Å². The number of hydrogen-bond donors (Lipinski definition) is 1. The van der Waals surface area contributed by atoms with Crippen molar-refractivity contribution in [3.05, 3.63) is 0 Å². The Bertz CT molecular complexity index is 153. The van der Waals surface area contributed by atoms with E-state index >= 15 is 0 Å². The second kappa shape index (κ2) is 4.00. The van der Waals surface area contributed by atoms with E-state index in [0.29, 0.717) is 0 Å². The quantitative estimate of drug-likeness (QED) is 0.665. The van der Waals surface area contributed by atoms with Crippen molar-refractivity contribution in [2.24, 2.45) is 17.1 Å². The summed E-state index contributed by atoms with van der Waals surface area (Å²) in [7, 11) is 0. The molecule has 2 saturated carbocycles. The van der Waals surface area contributed by atoms with Gasteiger partial charge in [0.1, 0.15) is 0 Å².